The number of carbonyl (C=O) groups excluding carboxylic acids is 2. The fraction of sp³-hybridized carbons (Fsp3) is 0.640. The third-order valence-corrected chi connectivity index (χ3v) is 9.69. The van der Waals surface area contributed by atoms with E-state index in [9.17, 15) is 9.59 Å². The number of halogens is 2. The predicted molar refractivity (Wildman–Crippen MR) is 147 cm³/mol. The number of hydrogen-bond acceptors (Lipinski definition) is 6. The number of thioether (sulfide) groups is 1. The van der Waals surface area contributed by atoms with Crippen LogP contribution >= 0.6 is 27.7 Å². The summed E-state index contributed by atoms with van der Waals surface area (Å²) in [5, 5.41) is 0.266. The van der Waals surface area contributed by atoms with Gasteiger partial charge in [0.2, 0.25) is 0 Å². The average molecular weight is 590 g/mol. The lowest BCUT2D eigenvalue weighted by atomic mass is 9.74. The van der Waals surface area contributed by atoms with Crippen LogP contribution in [0.3, 0.4) is 0 Å². The molecule has 1 aromatic rings. The Morgan fingerprint density at radius 3 is 2.49 bits per heavy atom. The highest BCUT2D eigenvalue weighted by Gasteiger charge is 2.52. The van der Waals surface area contributed by atoms with Crippen molar-refractivity contribution < 1.29 is 23.5 Å². The Bertz CT molecular complexity index is 981. The standard InChI is InChI=1S/C25H38BrFN2O4SSi/c1-17-24(5,15-30)34-21(28-25(17,6)19-14-18(26)10-11-20(19)27)29(22(31)33-23(2,3)4)16-32-12-13-35(7,8)9/h10-11,14-15,17H,12-13,16H2,1-9H3/t17-,24-,25+/m1/s1. The Kier molecular flexibility index (Phi) is 9.45. The molecule has 1 aromatic carbocycles. The normalized spacial score (nSPS) is 25.1. The number of carbonyl (C=O) groups is 2. The van der Waals surface area contributed by atoms with Crippen LogP contribution in [-0.2, 0) is 19.8 Å². The van der Waals surface area contributed by atoms with Crippen molar-refractivity contribution in [2.45, 2.75) is 83.1 Å². The molecule has 196 valence electrons. The smallest absolute Gasteiger partial charge is 0.418 e. The number of benzene rings is 1. The van der Waals surface area contributed by atoms with Crippen LogP contribution in [0.4, 0.5) is 9.18 Å². The van der Waals surface area contributed by atoms with Gasteiger partial charge < -0.3 is 14.3 Å². The van der Waals surface area contributed by atoms with E-state index in [1.54, 1.807) is 46.8 Å². The van der Waals surface area contributed by atoms with E-state index in [4.69, 9.17) is 14.5 Å². The number of amides is 1. The van der Waals surface area contributed by atoms with Gasteiger partial charge in [0.15, 0.2) is 5.17 Å². The quantitative estimate of drug-likeness (QED) is 0.148. The van der Waals surface area contributed by atoms with Gasteiger partial charge in [0.25, 0.3) is 0 Å². The molecule has 0 saturated carbocycles. The lowest BCUT2D eigenvalue weighted by Gasteiger charge is -2.46. The van der Waals surface area contributed by atoms with Crippen LogP contribution in [0.25, 0.3) is 0 Å². The molecule has 0 saturated heterocycles. The van der Waals surface area contributed by atoms with Gasteiger partial charge in [-0.15, -0.1) is 0 Å². The maximum Gasteiger partial charge on any atom is 0.418 e. The highest BCUT2D eigenvalue weighted by Crippen LogP contribution is 2.51. The largest absolute Gasteiger partial charge is 0.443 e. The Morgan fingerprint density at radius 2 is 1.94 bits per heavy atom. The minimum absolute atomic E-state index is 0.0778. The average Bonchev–Trinajstić information content (AvgIpc) is 2.71. The van der Waals surface area contributed by atoms with E-state index < -0.39 is 35.9 Å². The summed E-state index contributed by atoms with van der Waals surface area (Å²) in [6.45, 7) is 18.0. The molecule has 0 radical (unpaired) electrons. The summed E-state index contributed by atoms with van der Waals surface area (Å²) >= 11 is 4.60. The van der Waals surface area contributed by atoms with Crippen LogP contribution in [0, 0.1) is 11.7 Å². The maximum absolute atomic E-state index is 15.1. The summed E-state index contributed by atoms with van der Waals surface area (Å²) < 4.78 is 26.4. The molecule has 1 aliphatic heterocycles. The van der Waals surface area contributed by atoms with E-state index in [1.807, 2.05) is 6.92 Å². The van der Waals surface area contributed by atoms with E-state index >= 15 is 4.39 Å². The fourth-order valence-electron chi connectivity index (χ4n) is 3.62. The molecule has 0 spiro atoms. The molecule has 6 nitrogen and oxygen atoms in total. The Morgan fingerprint density at radius 1 is 1.31 bits per heavy atom. The molecular formula is C25H38BrFN2O4SSi. The maximum atomic E-state index is 15.1. The van der Waals surface area contributed by atoms with Crippen LogP contribution in [0.1, 0.15) is 47.1 Å². The summed E-state index contributed by atoms with van der Waals surface area (Å²) in [7, 11) is -1.34. The van der Waals surface area contributed by atoms with E-state index in [-0.39, 0.29) is 17.8 Å². The molecule has 3 atom stereocenters. The molecule has 0 aliphatic carbocycles. The van der Waals surface area contributed by atoms with Crippen molar-refractivity contribution in [1.29, 1.82) is 0 Å². The van der Waals surface area contributed by atoms with Crippen LogP contribution in [0.15, 0.2) is 27.7 Å². The summed E-state index contributed by atoms with van der Waals surface area (Å²) in [5.41, 5.74) is -1.52. The molecule has 0 bridgehead atoms. The van der Waals surface area contributed by atoms with Crippen LogP contribution in [0.5, 0.6) is 0 Å². The van der Waals surface area contributed by atoms with Crippen molar-refractivity contribution in [2.75, 3.05) is 13.3 Å². The lowest BCUT2D eigenvalue weighted by molar-refractivity contribution is -0.111. The van der Waals surface area contributed by atoms with Gasteiger partial charge in [-0.05, 0) is 58.9 Å². The molecule has 0 N–H and O–H groups in total. The highest BCUT2D eigenvalue weighted by molar-refractivity contribution is 9.10. The van der Waals surface area contributed by atoms with E-state index in [1.165, 1.54) is 22.7 Å². The zero-order valence-electron chi connectivity index (χ0n) is 22.2. The van der Waals surface area contributed by atoms with Gasteiger partial charge in [-0.2, -0.15) is 0 Å². The Hall–Kier alpha value is -1.23. The number of hydrogen-bond donors (Lipinski definition) is 0. The minimum atomic E-state index is -1.34. The molecule has 0 aromatic heterocycles. The van der Waals surface area contributed by atoms with Crippen molar-refractivity contribution >= 4 is 53.3 Å². The first-order chi connectivity index (χ1) is 15.9. The number of nitrogens with zero attached hydrogens (tertiary/aromatic N) is 2. The number of aliphatic imine (C=N–C) groups is 1. The summed E-state index contributed by atoms with van der Waals surface area (Å²) in [6, 6.07) is 5.60. The second kappa shape index (κ2) is 11.0. The lowest BCUT2D eigenvalue weighted by Crippen LogP contribution is -2.52. The number of amidine groups is 1. The van der Waals surface area contributed by atoms with Crippen molar-refractivity contribution in [3.05, 3.63) is 34.1 Å². The predicted octanol–water partition coefficient (Wildman–Crippen LogP) is 7.05. The zero-order chi connectivity index (χ0) is 26.8. The number of aldehydes is 1. The summed E-state index contributed by atoms with van der Waals surface area (Å²) in [6.07, 6.45) is 0.224. The first-order valence-corrected chi connectivity index (χ1v) is 17.0. The number of ether oxygens (including phenoxy) is 2. The molecule has 0 fully saturated rings. The third kappa shape index (κ3) is 7.63. The van der Waals surface area contributed by atoms with Crippen molar-refractivity contribution in [3.8, 4) is 0 Å². The SMILES string of the molecule is C[C@@H]1[C@@](C)(C=O)SC(N(COCC[Si](C)(C)C)C(=O)OC(C)(C)C)=N[C@]1(C)c1cc(Br)ccc1F. The molecule has 1 heterocycles. The second-order valence-corrected chi connectivity index (χ2v) is 19.5. The zero-order valence-corrected chi connectivity index (χ0v) is 25.6. The topological polar surface area (TPSA) is 68.2 Å². The monoisotopic (exact) mass is 588 g/mol. The molecule has 2 rings (SSSR count). The first kappa shape index (κ1) is 30.0. The molecule has 1 aliphatic rings. The van der Waals surface area contributed by atoms with Crippen LogP contribution < -0.4 is 0 Å². The van der Waals surface area contributed by atoms with E-state index in [2.05, 4.69) is 35.6 Å². The first-order valence-electron chi connectivity index (χ1n) is 11.7. The molecule has 35 heavy (non-hydrogen) atoms. The van der Waals surface area contributed by atoms with Crippen molar-refractivity contribution in [1.82, 2.24) is 4.90 Å². The van der Waals surface area contributed by atoms with Gasteiger partial charge in [0.1, 0.15) is 24.4 Å². The van der Waals surface area contributed by atoms with Crippen molar-refractivity contribution in [3.63, 3.8) is 0 Å². The van der Waals surface area contributed by atoms with Crippen molar-refractivity contribution in [2.24, 2.45) is 10.9 Å². The van der Waals surface area contributed by atoms with Gasteiger partial charge in [-0.3, -0.25) is 4.99 Å². The summed E-state index contributed by atoms with van der Waals surface area (Å²) in [5.74, 6) is -0.806. The van der Waals surface area contributed by atoms with Crippen LogP contribution in [-0.4, -0.2) is 54.2 Å². The van der Waals surface area contributed by atoms with Gasteiger partial charge in [0.05, 0.1) is 10.3 Å². The Labute approximate surface area is 222 Å². The summed E-state index contributed by atoms with van der Waals surface area (Å²) in [4.78, 5) is 31.9. The van der Waals surface area contributed by atoms with Gasteiger partial charge in [-0.25, -0.2) is 14.1 Å². The molecular weight excluding hydrogens is 551 g/mol. The van der Waals surface area contributed by atoms with Gasteiger partial charge >= 0.3 is 6.09 Å². The van der Waals surface area contributed by atoms with Gasteiger partial charge in [0, 0.05) is 30.6 Å². The van der Waals surface area contributed by atoms with Crippen LogP contribution in [0.2, 0.25) is 25.7 Å². The number of rotatable bonds is 7. The van der Waals surface area contributed by atoms with E-state index in [0.717, 1.165) is 12.3 Å². The fourth-order valence-corrected chi connectivity index (χ4v) is 6.06. The minimum Gasteiger partial charge on any atom is -0.443 e. The Balaban J connectivity index is 2.57. The van der Waals surface area contributed by atoms with E-state index in [0.29, 0.717) is 16.6 Å². The molecule has 1 amide bonds. The van der Waals surface area contributed by atoms with Gasteiger partial charge in [-0.1, -0.05) is 54.3 Å². The highest BCUT2D eigenvalue weighted by atomic mass is 79.9. The molecule has 0 unspecified atom stereocenters. The second-order valence-electron chi connectivity index (χ2n) is 11.5. The third-order valence-electron chi connectivity index (χ3n) is 6.11. The molecule has 10 heteroatoms.